The van der Waals surface area contributed by atoms with E-state index in [1.54, 1.807) is 45.0 Å². The fourth-order valence-corrected chi connectivity index (χ4v) is 3.76. The molecule has 1 heterocycles. The molecular formula is C18H18BrNO4. The number of imide groups is 1. The van der Waals surface area contributed by atoms with Crippen molar-refractivity contribution in [2.24, 2.45) is 5.41 Å². The molecule has 0 spiro atoms. The standard InChI is InChI=1S/C18H18BrNO4/c1-18(2,3)14(17(23)24)20-15(21)10-6-4-5-9-12(19)8-7-11(13(9)10)16(20)22/h4-8,14,17,23-24H,1-3H3/t14-/m1/s1. The lowest BCUT2D eigenvalue weighted by atomic mass is 9.83. The fourth-order valence-electron chi connectivity index (χ4n) is 3.30. The predicted molar refractivity (Wildman–Crippen MR) is 93.6 cm³/mol. The van der Waals surface area contributed by atoms with E-state index in [1.165, 1.54) is 0 Å². The second-order valence-corrected chi connectivity index (χ2v) is 7.88. The molecule has 126 valence electrons. The van der Waals surface area contributed by atoms with Crippen LogP contribution in [0, 0.1) is 5.41 Å². The number of aliphatic hydroxyl groups excluding tert-OH is 1. The average Bonchev–Trinajstić information content (AvgIpc) is 2.48. The van der Waals surface area contributed by atoms with Gasteiger partial charge in [-0.1, -0.05) is 48.8 Å². The van der Waals surface area contributed by atoms with Crippen LogP contribution < -0.4 is 0 Å². The summed E-state index contributed by atoms with van der Waals surface area (Å²) in [4.78, 5) is 27.0. The molecule has 2 N–H and O–H groups in total. The summed E-state index contributed by atoms with van der Waals surface area (Å²) >= 11 is 3.44. The normalized spacial score (nSPS) is 16.2. The molecule has 2 aromatic carbocycles. The SMILES string of the molecule is CC(C)(C)[C@@H](C(O)O)N1C(=O)c2cccc3c(Br)ccc(c23)C1=O. The van der Waals surface area contributed by atoms with Gasteiger partial charge in [0.25, 0.3) is 11.8 Å². The minimum atomic E-state index is -1.82. The minimum absolute atomic E-state index is 0.387. The average molecular weight is 392 g/mol. The third-order valence-corrected chi connectivity index (χ3v) is 5.03. The first-order chi connectivity index (χ1) is 11.1. The number of halogens is 1. The van der Waals surface area contributed by atoms with E-state index >= 15 is 0 Å². The summed E-state index contributed by atoms with van der Waals surface area (Å²) in [5, 5.41) is 21.0. The summed E-state index contributed by atoms with van der Waals surface area (Å²) in [6, 6.07) is 7.61. The second-order valence-electron chi connectivity index (χ2n) is 7.03. The molecule has 0 unspecified atom stereocenters. The van der Waals surface area contributed by atoms with Crippen molar-refractivity contribution < 1.29 is 19.8 Å². The Balaban J connectivity index is 2.27. The second kappa shape index (κ2) is 5.65. The minimum Gasteiger partial charge on any atom is -0.366 e. The van der Waals surface area contributed by atoms with Crippen LogP contribution in [0.1, 0.15) is 41.5 Å². The molecule has 1 atom stereocenters. The Kier molecular flexibility index (Phi) is 4.02. The van der Waals surface area contributed by atoms with Crippen molar-refractivity contribution in [2.45, 2.75) is 33.1 Å². The van der Waals surface area contributed by atoms with Gasteiger partial charge >= 0.3 is 0 Å². The number of aliphatic hydroxyl groups is 2. The van der Waals surface area contributed by atoms with Crippen LogP contribution in [0.25, 0.3) is 10.8 Å². The molecule has 0 bridgehead atoms. The molecule has 1 aliphatic heterocycles. The molecule has 1 aliphatic rings. The van der Waals surface area contributed by atoms with Crippen LogP contribution in [-0.2, 0) is 0 Å². The zero-order valence-corrected chi connectivity index (χ0v) is 15.2. The van der Waals surface area contributed by atoms with Crippen LogP contribution in [0.2, 0.25) is 0 Å². The fraction of sp³-hybridized carbons (Fsp3) is 0.333. The number of benzene rings is 2. The third kappa shape index (κ3) is 2.46. The molecule has 3 rings (SSSR count). The lowest BCUT2D eigenvalue weighted by Crippen LogP contribution is -2.57. The van der Waals surface area contributed by atoms with Gasteiger partial charge in [-0.15, -0.1) is 0 Å². The van der Waals surface area contributed by atoms with E-state index in [1.807, 2.05) is 6.07 Å². The summed E-state index contributed by atoms with van der Waals surface area (Å²) in [5.41, 5.74) is 0.0804. The molecule has 2 aromatic rings. The van der Waals surface area contributed by atoms with E-state index in [0.29, 0.717) is 16.5 Å². The molecule has 5 nitrogen and oxygen atoms in total. The van der Waals surface area contributed by atoms with Crippen LogP contribution in [0.5, 0.6) is 0 Å². The first-order valence-corrected chi connectivity index (χ1v) is 8.39. The summed E-state index contributed by atoms with van der Waals surface area (Å²) in [6.07, 6.45) is -1.82. The van der Waals surface area contributed by atoms with Crippen LogP contribution in [0.4, 0.5) is 0 Å². The van der Waals surface area contributed by atoms with Gasteiger partial charge < -0.3 is 10.2 Å². The molecule has 0 fully saturated rings. The van der Waals surface area contributed by atoms with Crippen molar-refractivity contribution in [1.29, 1.82) is 0 Å². The Hall–Kier alpha value is -1.76. The number of hydrogen-bond donors (Lipinski definition) is 2. The maximum atomic E-state index is 13.0. The smallest absolute Gasteiger partial charge is 0.261 e. The van der Waals surface area contributed by atoms with Crippen molar-refractivity contribution in [3.8, 4) is 0 Å². The maximum absolute atomic E-state index is 13.0. The predicted octanol–water partition coefficient (Wildman–Crippen LogP) is 2.92. The largest absolute Gasteiger partial charge is 0.366 e. The Morgan fingerprint density at radius 3 is 2.12 bits per heavy atom. The highest BCUT2D eigenvalue weighted by molar-refractivity contribution is 9.10. The quantitative estimate of drug-likeness (QED) is 0.609. The van der Waals surface area contributed by atoms with Gasteiger partial charge in [-0.05, 0) is 29.0 Å². The van der Waals surface area contributed by atoms with Crippen molar-refractivity contribution in [1.82, 2.24) is 4.90 Å². The van der Waals surface area contributed by atoms with E-state index in [2.05, 4.69) is 15.9 Å². The lowest BCUT2D eigenvalue weighted by molar-refractivity contribution is -0.115. The molecule has 0 aromatic heterocycles. The molecular weight excluding hydrogens is 374 g/mol. The summed E-state index contributed by atoms with van der Waals surface area (Å²) in [7, 11) is 0. The number of carbonyl (C=O) groups is 2. The van der Waals surface area contributed by atoms with E-state index in [-0.39, 0.29) is 0 Å². The van der Waals surface area contributed by atoms with E-state index in [9.17, 15) is 19.8 Å². The van der Waals surface area contributed by atoms with Gasteiger partial charge in [-0.25, -0.2) is 0 Å². The number of rotatable bonds is 2. The van der Waals surface area contributed by atoms with Crippen molar-refractivity contribution in [3.63, 3.8) is 0 Å². The highest BCUT2D eigenvalue weighted by atomic mass is 79.9. The van der Waals surface area contributed by atoms with Gasteiger partial charge in [-0.2, -0.15) is 0 Å². The van der Waals surface area contributed by atoms with Gasteiger partial charge in [0, 0.05) is 21.0 Å². The highest BCUT2D eigenvalue weighted by Gasteiger charge is 2.45. The van der Waals surface area contributed by atoms with Gasteiger partial charge in [0.1, 0.15) is 0 Å². The first-order valence-electron chi connectivity index (χ1n) is 7.60. The Morgan fingerprint density at radius 2 is 1.58 bits per heavy atom. The topological polar surface area (TPSA) is 77.8 Å². The number of carbonyl (C=O) groups excluding carboxylic acids is 2. The molecule has 0 radical (unpaired) electrons. The van der Waals surface area contributed by atoms with Gasteiger partial charge in [0.05, 0.1) is 6.04 Å². The van der Waals surface area contributed by atoms with Crippen LogP contribution in [0.15, 0.2) is 34.8 Å². The van der Waals surface area contributed by atoms with Crippen molar-refractivity contribution >= 4 is 38.5 Å². The Morgan fingerprint density at radius 1 is 1.00 bits per heavy atom. The van der Waals surface area contributed by atoms with Crippen LogP contribution >= 0.6 is 15.9 Å². The van der Waals surface area contributed by atoms with Gasteiger partial charge in [0.2, 0.25) is 0 Å². The monoisotopic (exact) mass is 391 g/mol. The van der Waals surface area contributed by atoms with E-state index in [4.69, 9.17) is 0 Å². The number of hydrogen-bond acceptors (Lipinski definition) is 4. The number of nitrogens with zero attached hydrogens (tertiary/aromatic N) is 1. The van der Waals surface area contributed by atoms with Crippen molar-refractivity contribution in [2.75, 3.05) is 0 Å². The van der Waals surface area contributed by atoms with E-state index in [0.717, 1.165) is 14.8 Å². The lowest BCUT2D eigenvalue weighted by Gasteiger charge is -2.41. The Labute approximate surface area is 148 Å². The van der Waals surface area contributed by atoms with Crippen LogP contribution in [0.3, 0.4) is 0 Å². The van der Waals surface area contributed by atoms with Crippen molar-refractivity contribution in [3.05, 3.63) is 45.9 Å². The summed E-state index contributed by atoms with van der Waals surface area (Å²) in [5.74, 6) is -1.02. The zero-order chi connectivity index (χ0) is 17.8. The van der Waals surface area contributed by atoms with E-state index < -0.39 is 29.6 Å². The molecule has 24 heavy (non-hydrogen) atoms. The first kappa shape index (κ1) is 17.1. The zero-order valence-electron chi connectivity index (χ0n) is 13.6. The third-order valence-electron chi connectivity index (χ3n) is 4.33. The molecule has 0 aliphatic carbocycles. The highest BCUT2D eigenvalue weighted by Crippen LogP contribution is 2.37. The summed E-state index contributed by atoms with van der Waals surface area (Å²) in [6.45, 7) is 5.28. The summed E-state index contributed by atoms with van der Waals surface area (Å²) < 4.78 is 0.798. The van der Waals surface area contributed by atoms with Gasteiger partial charge in [-0.3, -0.25) is 14.5 Å². The number of amides is 2. The van der Waals surface area contributed by atoms with Crippen LogP contribution in [-0.4, -0.2) is 39.3 Å². The molecule has 6 heteroatoms. The Bertz CT molecular complexity index is 832. The molecule has 0 saturated heterocycles. The molecule has 0 saturated carbocycles. The van der Waals surface area contributed by atoms with Gasteiger partial charge in [0.15, 0.2) is 6.29 Å². The molecule has 2 amide bonds. The maximum Gasteiger partial charge on any atom is 0.261 e.